The van der Waals surface area contributed by atoms with Gasteiger partial charge in [0.05, 0.1) is 6.42 Å². The van der Waals surface area contributed by atoms with Gasteiger partial charge in [-0.15, -0.1) is 0 Å². The second-order valence-electron chi connectivity index (χ2n) is 7.49. The molecule has 1 N–H and O–H groups in total. The molecule has 0 aromatic heterocycles. The summed E-state index contributed by atoms with van der Waals surface area (Å²) in [6.07, 6.45) is 0.319. The van der Waals surface area contributed by atoms with Crippen molar-refractivity contribution < 1.29 is 23.9 Å². The van der Waals surface area contributed by atoms with E-state index in [1.54, 1.807) is 49.9 Å². The fourth-order valence-electron chi connectivity index (χ4n) is 2.76. The number of esters is 1. The molecule has 1 aliphatic heterocycles. The number of likely N-dealkylation sites (tertiary alicyclic amines) is 1. The number of benzene rings is 1. The molecule has 1 saturated heterocycles. The van der Waals surface area contributed by atoms with Crippen molar-refractivity contribution in [2.45, 2.75) is 51.7 Å². The summed E-state index contributed by atoms with van der Waals surface area (Å²) in [5.74, 6) is -0.750. The van der Waals surface area contributed by atoms with Crippen LogP contribution < -0.4 is 5.32 Å². The van der Waals surface area contributed by atoms with Gasteiger partial charge in [0.1, 0.15) is 5.60 Å². The van der Waals surface area contributed by atoms with E-state index in [2.05, 4.69) is 5.32 Å². The lowest BCUT2D eigenvalue weighted by molar-refractivity contribution is -0.160. The number of ether oxygens (including phenoxy) is 2. The quantitative estimate of drug-likeness (QED) is 0.772. The molecule has 0 bridgehead atoms. The zero-order valence-electron chi connectivity index (χ0n) is 16.2. The first-order valence-corrected chi connectivity index (χ1v) is 9.26. The third kappa shape index (κ3) is 6.92. The van der Waals surface area contributed by atoms with E-state index in [0.29, 0.717) is 18.7 Å². The van der Waals surface area contributed by atoms with Crippen LogP contribution in [0.5, 0.6) is 0 Å². The van der Waals surface area contributed by atoms with Gasteiger partial charge in [-0.05, 0) is 33.6 Å². The van der Waals surface area contributed by atoms with E-state index in [1.807, 2.05) is 6.07 Å². The Labute approximate surface area is 160 Å². The summed E-state index contributed by atoms with van der Waals surface area (Å²) < 4.78 is 10.6. The first kappa shape index (κ1) is 20.7. The first-order chi connectivity index (χ1) is 12.8. The van der Waals surface area contributed by atoms with Crippen LogP contribution in [-0.2, 0) is 19.1 Å². The summed E-state index contributed by atoms with van der Waals surface area (Å²) in [6, 6.07) is 8.98. The Balaban J connectivity index is 1.91. The van der Waals surface area contributed by atoms with Crippen LogP contribution in [0.3, 0.4) is 0 Å². The molecular weight excluding hydrogens is 348 g/mol. The minimum absolute atomic E-state index is 0.0458. The number of hydrogen-bond acceptors (Lipinski definition) is 5. The van der Waals surface area contributed by atoms with Crippen LogP contribution in [0.25, 0.3) is 0 Å². The van der Waals surface area contributed by atoms with E-state index in [9.17, 15) is 14.4 Å². The lowest BCUT2D eigenvalue weighted by Crippen LogP contribution is -2.36. The molecule has 7 nitrogen and oxygen atoms in total. The molecule has 148 valence electrons. The van der Waals surface area contributed by atoms with Gasteiger partial charge in [-0.25, -0.2) is 4.79 Å². The number of alkyl carbamates (subject to hydrolysis) is 1. The third-order valence-electron chi connectivity index (χ3n) is 3.99. The lowest BCUT2D eigenvalue weighted by Gasteiger charge is -2.23. The van der Waals surface area contributed by atoms with Gasteiger partial charge in [0, 0.05) is 25.2 Å². The van der Waals surface area contributed by atoms with Gasteiger partial charge in [-0.2, -0.15) is 0 Å². The average Bonchev–Trinajstić information content (AvgIpc) is 3.13. The highest BCUT2D eigenvalue weighted by Crippen LogP contribution is 2.23. The standard InChI is InChI=1S/C20H28N2O5/c1-20(2,3)27-19(25)21-12-11-16(23)26-17(15-9-5-4-6-10-15)18(24)22-13-7-8-14-22/h4-6,9-10,17H,7-8,11-14H2,1-3H3,(H,21,25). The van der Waals surface area contributed by atoms with Crippen LogP contribution in [0.4, 0.5) is 4.79 Å². The summed E-state index contributed by atoms with van der Waals surface area (Å²) in [5.41, 5.74) is 0.0355. The second-order valence-corrected chi connectivity index (χ2v) is 7.49. The number of nitrogens with one attached hydrogen (secondary N) is 1. The largest absolute Gasteiger partial charge is 0.447 e. The molecule has 1 aromatic rings. The highest BCUT2D eigenvalue weighted by molar-refractivity contribution is 5.85. The number of hydrogen-bond donors (Lipinski definition) is 1. The van der Waals surface area contributed by atoms with Crippen molar-refractivity contribution in [3.05, 3.63) is 35.9 Å². The summed E-state index contributed by atoms with van der Waals surface area (Å²) in [7, 11) is 0. The van der Waals surface area contributed by atoms with E-state index >= 15 is 0 Å². The lowest BCUT2D eigenvalue weighted by atomic mass is 10.1. The van der Waals surface area contributed by atoms with Gasteiger partial charge in [0.2, 0.25) is 6.10 Å². The Bertz CT molecular complexity index is 648. The van der Waals surface area contributed by atoms with Gasteiger partial charge in [0.15, 0.2) is 0 Å². The molecular formula is C20H28N2O5. The monoisotopic (exact) mass is 376 g/mol. The molecule has 0 aliphatic carbocycles. The maximum atomic E-state index is 12.8. The van der Waals surface area contributed by atoms with Gasteiger partial charge >= 0.3 is 12.1 Å². The van der Waals surface area contributed by atoms with E-state index in [-0.39, 0.29) is 18.9 Å². The molecule has 1 atom stereocenters. The minimum atomic E-state index is -0.960. The smallest absolute Gasteiger partial charge is 0.407 e. The topological polar surface area (TPSA) is 84.9 Å². The Morgan fingerprint density at radius 3 is 2.33 bits per heavy atom. The van der Waals surface area contributed by atoms with Gasteiger partial charge in [-0.3, -0.25) is 9.59 Å². The zero-order chi connectivity index (χ0) is 19.9. The number of amides is 2. The second kappa shape index (κ2) is 9.39. The SMILES string of the molecule is CC(C)(C)OC(=O)NCCC(=O)OC(C(=O)N1CCCC1)c1ccccc1. The van der Waals surface area contributed by atoms with Crippen LogP contribution in [0.2, 0.25) is 0 Å². The van der Waals surface area contributed by atoms with E-state index in [4.69, 9.17) is 9.47 Å². The molecule has 0 spiro atoms. The van der Waals surface area contributed by atoms with Crippen molar-refractivity contribution in [2.24, 2.45) is 0 Å². The zero-order valence-corrected chi connectivity index (χ0v) is 16.2. The molecule has 1 fully saturated rings. The Kier molecular flexibility index (Phi) is 7.21. The maximum Gasteiger partial charge on any atom is 0.407 e. The Morgan fingerprint density at radius 1 is 1.11 bits per heavy atom. The van der Waals surface area contributed by atoms with Crippen LogP contribution in [0, 0.1) is 0 Å². The molecule has 0 saturated carbocycles. The highest BCUT2D eigenvalue weighted by Gasteiger charge is 2.30. The summed E-state index contributed by atoms with van der Waals surface area (Å²) in [6.45, 7) is 6.72. The average molecular weight is 376 g/mol. The molecule has 27 heavy (non-hydrogen) atoms. The van der Waals surface area contributed by atoms with Crippen molar-refractivity contribution in [3.8, 4) is 0 Å². The fourth-order valence-corrected chi connectivity index (χ4v) is 2.76. The number of rotatable bonds is 6. The minimum Gasteiger partial charge on any atom is -0.447 e. The Hall–Kier alpha value is -2.57. The fraction of sp³-hybridized carbons (Fsp3) is 0.550. The molecule has 0 radical (unpaired) electrons. The predicted octanol–water partition coefficient (Wildman–Crippen LogP) is 2.81. The van der Waals surface area contributed by atoms with E-state index in [0.717, 1.165) is 12.8 Å². The number of nitrogens with zero attached hydrogens (tertiary/aromatic N) is 1. The van der Waals surface area contributed by atoms with Crippen LogP contribution in [0.15, 0.2) is 30.3 Å². The van der Waals surface area contributed by atoms with Gasteiger partial charge in [0.25, 0.3) is 5.91 Å². The summed E-state index contributed by atoms with van der Waals surface area (Å²) in [4.78, 5) is 38.4. The molecule has 2 rings (SSSR count). The molecule has 1 heterocycles. The van der Waals surface area contributed by atoms with Crippen LogP contribution in [-0.4, -0.2) is 48.1 Å². The van der Waals surface area contributed by atoms with E-state index in [1.165, 1.54) is 0 Å². The molecule has 1 unspecified atom stereocenters. The van der Waals surface area contributed by atoms with Crippen molar-refractivity contribution >= 4 is 18.0 Å². The number of carbonyl (C=O) groups is 3. The van der Waals surface area contributed by atoms with Crippen LogP contribution in [0.1, 0.15) is 51.7 Å². The third-order valence-corrected chi connectivity index (χ3v) is 3.99. The summed E-state index contributed by atoms with van der Waals surface area (Å²) in [5, 5.41) is 2.51. The van der Waals surface area contributed by atoms with E-state index < -0.39 is 23.8 Å². The normalized spacial score (nSPS) is 15.1. The molecule has 7 heteroatoms. The molecule has 1 aromatic carbocycles. The maximum absolute atomic E-state index is 12.8. The van der Waals surface area contributed by atoms with Crippen molar-refractivity contribution in [2.75, 3.05) is 19.6 Å². The first-order valence-electron chi connectivity index (χ1n) is 9.26. The van der Waals surface area contributed by atoms with Gasteiger partial charge in [-0.1, -0.05) is 30.3 Å². The number of carbonyl (C=O) groups excluding carboxylic acids is 3. The van der Waals surface area contributed by atoms with Crippen molar-refractivity contribution in [1.29, 1.82) is 0 Å². The van der Waals surface area contributed by atoms with Gasteiger partial charge < -0.3 is 19.7 Å². The Morgan fingerprint density at radius 2 is 1.74 bits per heavy atom. The highest BCUT2D eigenvalue weighted by atomic mass is 16.6. The summed E-state index contributed by atoms with van der Waals surface area (Å²) >= 11 is 0. The van der Waals surface area contributed by atoms with Crippen molar-refractivity contribution in [3.63, 3.8) is 0 Å². The van der Waals surface area contributed by atoms with Crippen LogP contribution >= 0.6 is 0 Å². The van der Waals surface area contributed by atoms with Crippen molar-refractivity contribution in [1.82, 2.24) is 10.2 Å². The molecule has 1 aliphatic rings. The molecule has 2 amide bonds. The predicted molar refractivity (Wildman–Crippen MR) is 99.9 cm³/mol.